The second-order valence-electron chi connectivity index (χ2n) is 6.61. The lowest BCUT2D eigenvalue weighted by atomic mass is 10.2. The lowest BCUT2D eigenvalue weighted by Crippen LogP contribution is -2.25. The molecule has 2 aromatic carbocycles. The maximum atomic E-state index is 13.2. The van der Waals surface area contributed by atoms with Crippen molar-refractivity contribution in [3.05, 3.63) is 87.3 Å². The van der Waals surface area contributed by atoms with Gasteiger partial charge in [0.25, 0.3) is 17.4 Å². The van der Waals surface area contributed by atoms with Gasteiger partial charge in [0, 0.05) is 17.4 Å². The zero-order valence-corrected chi connectivity index (χ0v) is 17.5. The number of methoxy groups -OCH3 is 1. The second-order valence-corrected chi connectivity index (χ2v) is 7.59. The van der Waals surface area contributed by atoms with Gasteiger partial charge in [0.15, 0.2) is 4.96 Å². The van der Waals surface area contributed by atoms with Gasteiger partial charge in [-0.3, -0.25) is 14.4 Å². The van der Waals surface area contributed by atoms with E-state index < -0.39 is 17.4 Å². The summed E-state index contributed by atoms with van der Waals surface area (Å²) in [5.41, 5.74) is 0.951. The lowest BCUT2D eigenvalue weighted by Gasteiger charge is -2.11. The summed E-state index contributed by atoms with van der Waals surface area (Å²) in [6.07, 6.45) is 0. The van der Waals surface area contributed by atoms with Gasteiger partial charge in [0.2, 0.25) is 0 Å². The highest BCUT2D eigenvalue weighted by Crippen LogP contribution is 2.27. The number of rotatable bonds is 5. The summed E-state index contributed by atoms with van der Waals surface area (Å²) in [7, 11) is 1.49. The molecule has 0 bridgehead atoms. The fraction of sp³-hybridized carbons (Fsp3) is 0.0909. The predicted molar refractivity (Wildman–Crippen MR) is 119 cm³/mol. The Morgan fingerprint density at radius 3 is 2.45 bits per heavy atom. The van der Waals surface area contributed by atoms with Crippen LogP contribution in [0.25, 0.3) is 4.96 Å². The summed E-state index contributed by atoms with van der Waals surface area (Å²) in [5, 5.41) is 5.49. The molecule has 9 heteroatoms. The number of carbonyl (C=O) groups excluding carboxylic acids is 2. The Kier molecular flexibility index (Phi) is 5.50. The van der Waals surface area contributed by atoms with Gasteiger partial charge in [0.05, 0.1) is 12.8 Å². The van der Waals surface area contributed by atoms with Gasteiger partial charge in [-0.25, -0.2) is 9.38 Å². The Morgan fingerprint density at radius 1 is 1.00 bits per heavy atom. The maximum Gasteiger partial charge on any atom is 0.274 e. The van der Waals surface area contributed by atoms with Crippen LogP contribution >= 0.6 is 11.3 Å². The van der Waals surface area contributed by atoms with Crippen LogP contribution in [0.5, 0.6) is 5.75 Å². The topological polar surface area (TPSA) is 102 Å². The first-order chi connectivity index (χ1) is 15.0. The number of hydrogen-bond donors (Lipinski definition) is 2. The largest absolute Gasteiger partial charge is 0.495 e. The Bertz CT molecular complexity index is 1340. The zero-order valence-electron chi connectivity index (χ0n) is 16.7. The van der Waals surface area contributed by atoms with Crippen molar-refractivity contribution in [3.63, 3.8) is 0 Å². The van der Waals surface area contributed by atoms with E-state index in [9.17, 15) is 14.4 Å². The molecule has 0 spiro atoms. The number of thiazole rings is 1. The van der Waals surface area contributed by atoms with Gasteiger partial charge in [-0.05, 0) is 31.2 Å². The average Bonchev–Trinajstić information content (AvgIpc) is 3.15. The smallest absolute Gasteiger partial charge is 0.274 e. The molecule has 0 aliphatic heterocycles. The molecule has 0 atom stereocenters. The molecule has 0 aliphatic rings. The summed E-state index contributed by atoms with van der Waals surface area (Å²) < 4.78 is 6.43. The fourth-order valence-electron chi connectivity index (χ4n) is 3.08. The zero-order chi connectivity index (χ0) is 22.0. The molecular formula is C22H18N4O4S. The number of fused-ring (bicyclic) bond motifs is 1. The van der Waals surface area contributed by atoms with Gasteiger partial charge < -0.3 is 15.4 Å². The minimum atomic E-state index is -0.623. The number of para-hydroxylation sites is 3. The minimum Gasteiger partial charge on any atom is -0.495 e. The molecule has 4 rings (SSSR count). The van der Waals surface area contributed by atoms with E-state index in [0.717, 1.165) is 15.7 Å². The molecule has 0 saturated carbocycles. The third kappa shape index (κ3) is 4.03. The average molecular weight is 434 g/mol. The van der Waals surface area contributed by atoms with Crippen LogP contribution in [-0.2, 0) is 0 Å². The minimum absolute atomic E-state index is 0.0754. The molecule has 0 fully saturated rings. The Labute approximate surface area is 181 Å². The van der Waals surface area contributed by atoms with Gasteiger partial charge in [-0.15, -0.1) is 0 Å². The summed E-state index contributed by atoms with van der Waals surface area (Å²) in [4.78, 5) is 43.6. The number of benzene rings is 2. The number of hydrogen-bond acceptors (Lipinski definition) is 6. The first kappa shape index (κ1) is 20.3. The monoisotopic (exact) mass is 434 g/mol. The molecule has 0 radical (unpaired) electrons. The Hall–Kier alpha value is -3.98. The van der Waals surface area contributed by atoms with Crippen molar-refractivity contribution in [3.8, 4) is 5.75 Å². The van der Waals surface area contributed by atoms with Crippen LogP contribution < -0.4 is 20.9 Å². The van der Waals surface area contributed by atoms with E-state index in [4.69, 9.17) is 4.74 Å². The van der Waals surface area contributed by atoms with Crippen LogP contribution in [-0.4, -0.2) is 28.3 Å². The van der Waals surface area contributed by atoms with Crippen molar-refractivity contribution >= 4 is 39.5 Å². The number of nitrogens with one attached hydrogen (secondary N) is 2. The normalized spacial score (nSPS) is 10.6. The van der Waals surface area contributed by atoms with Crippen LogP contribution in [0, 0.1) is 6.92 Å². The van der Waals surface area contributed by atoms with Gasteiger partial charge in [0.1, 0.15) is 16.3 Å². The van der Waals surface area contributed by atoms with Crippen molar-refractivity contribution in [2.24, 2.45) is 0 Å². The second kappa shape index (κ2) is 8.41. The fourth-order valence-corrected chi connectivity index (χ4v) is 4.15. The molecule has 0 unspecified atom stereocenters. The quantitative estimate of drug-likeness (QED) is 0.500. The van der Waals surface area contributed by atoms with E-state index in [1.165, 1.54) is 13.2 Å². The first-order valence-corrected chi connectivity index (χ1v) is 10.1. The van der Waals surface area contributed by atoms with Crippen LogP contribution in [0.4, 0.5) is 11.4 Å². The number of ether oxygens (including phenoxy) is 1. The van der Waals surface area contributed by atoms with Crippen molar-refractivity contribution in [2.75, 3.05) is 17.7 Å². The molecular weight excluding hydrogens is 416 g/mol. The van der Waals surface area contributed by atoms with Crippen molar-refractivity contribution in [2.45, 2.75) is 6.92 Å². The number of aromatic nitrogens is 2. The molecule has 2 heterocycles. The lowest BCUT2D eigenvalue weighted by molar-refractivity contribution is 0.0989. The van der Waals surface area contributed by atoms with E-state index in [0.29, 0.717) is 22.8 Å². The third-order valence-corrected chi connectivity index (χ3v) is 5.50. The maximum absolute atomic E-state index is 13.2. The molecule has 0 saturated heterocycles. The number of amides is 2. The van der Waals surface area contributed by atoms with Gasteiger partial charge >= 0.3 is 0 Å². The van der Waals surface area contributed by atoms with E-state index in [1.54, 1.807) is 55.5 Å². The standard InChI is InChI=1S/C22H18N4O4S/c1-13-12-17(27)26-18(20(28)25-15-10-6-7-11-16(15)30-2)19(31-22(26)23-13)21(29)24-14-8-4-3-5-9-14/h3-12H,1-2H3,(H,24,29)(H,25,28). The molecule has 156 valence electrons. The summed E-state index contributed by atoms with van der Waals surface area (Å²) in [5.74, 6) is -0.683. The SMILES string of the molecule is COc1ccccc1NC(=O)c1c(C(=O)Nc2ccccc2)sc2nc(C)cc(=O)n12. The van der Waals surface area contributed by atoms with Gasteiger partial charge in [-0.2, -0.15) is 0 Å². The summed E-state index contributed by atoms with van der Waals surface area (Å²) >= 11 is 0.976. The molecule has 31 heavy (non-hydrogen) atoms. The number of carbonyl (C=O) groups is 2. The van der Waals surface area contributed by atoms with Crippen molar-refractivity contribution < 1.29 is 14.3 Å². The van der Waals surface area contributed by atoms with E-state index in [-0.39, 0.29) is 15.5 Å². The molecule has 4 aromatic rings. The summed E-state index contributed by atoms with van der Waals surface area (Å²) in [6.45, 7) is 1.68. The highest BCUT2D eigenvalue weighted by molar-refractivity contribution is 7.19. The highest BCUT2D eigenvalue weighted by atomic mass is 32.1. The van der Waals surface area contributed by atoms with Crippen LogP contribution in [0.3, 0.4) is 0 Å². The Balaban J connectivity index is 1.82. The molecule has 0 aliphatic carbocycles. The van der Waals surface area contributed by atoms with Crippen LogP contribution in [0.2, 0.25) is 0 Å². The summed E-state index contributed by atoms with van der Waals surface area (Å²) in [6, 6.07) is 17.0. The molecule has 2 amide bonds. The highest BCUT2D eigenvalue weighted by Gasteiger charge is 2.26. The van der Waals surface area contributed by atoms with E-state index in [1.807, 2.05) is 6.07 Å². The third-order valence-electron chi connectivity index (χ3n) is 4.46. The number of nitrogens with zero attached hydrogens (tertiary/aromatic N) is 2. The van der Waals surface area contributed by atoms with Gasteiger partial charge in [-0.1, -0.05) is 41.7 Å². The molecule has 2 aromatic heterocycles. The van der Waals surface area contributed by atoms with Crippen LogP contribution in [0.15, 0.2) is 65.5 Å². The van der Waals surface area contributed by atoms with Crippen molar-refractivity contribution in [1.82, 2.24) is 9.38 Å². The first-order valence-electron chi connectivity index (χ1n) is 9.32. The Morgan fingerprint density at radius 2 is 1.71 bits per heavy atom. The van der Waals surface area contributed by atoms with E-state index in [2.05, 4.69) is 15.6 Å². The van der Waals surface area contributed by atoms with E-state index >= 15 is 0 Å². The predicted octanol–water partition coefficient (Wildman–Crippen LogP) is 3.58. The van der Waals surface area contributed by atoms with Crippen LogP contribution in [0.1, 0.15) is 25.9 Å². The van der Waals surface area contributed by atoms with Crippen molar-refractivity contribution in [1.29, 1.82) is 0 Å². The molecule has 2 N–H and O–H groups in total. The number of aryl methyl sites for hydroxylation is 1. The molecule has 8 nitrogen and oxygen atoms in total. The number of anilines is 2.